The summed E-state index contributed by atoms with van der Waals surface area (Å²) in [5.41, 5.74) is 8.48. The number of aromatic nitrogens is 1. The standard InChI is InChI=1S/C16H25BN2O2/c1-11-8-10-19-13(14(11)12(2)18)7-9-17-20-15(3,4)16(5,6)21-17/h7-10,12H,18H2,1-6H3/b9-7+/t12-/m0/s1. The summed E-state index contributed by atoms with van der Waals surface area (Å²) in [5, 5.41) is 0. The van der Waals surface area contributed by atoms with Crippen molar-refractivity contribution in [3.63, 3.8) is 0 Å². The molecule has 21 heavy (non-hydrogen) atoms. The van der Waals surface area contributed by atoms with Gasteiger partial charge in [0.2, 0.25) is 0 Å². The van der Waals surface area contributed by atoms with Crippen LogP contribution in [0.3, 0.4) is 0 Å². The monoisotopic (exact) mass is 288 g/mol. The van der Waals surface area contributed by atoms with E-state index in [1.807, 2.05) is 59.7 Å². The largest absolute Gasteiger partial charge is 0.487 e. The Morgan fingerprint density at radius 3 is 2.33 bits per heavy atom. The van der Waals surface area contributed by atoms with E-state index in [1.54, 1.807) is 6.20 Å². The van der Waals surface area contributed by atoms with Gasteiger partial charge in [0.05, 0.1) is 16.9 Å². The quantitative estimate of drug-likeness (QED) is 0.868. The van der Waals surface area contributed by atoms with Gasteiger partial charge in [0.1, 0.15) is 0 Å². The Hall–Kier alpha value is -1.17. The molecular weight excluding hydrogens is 263 g/mol. The fraction of sp³-hybridized carbons (Fsp3) is 0.562. The zero-order chi connectivity index (χ0) is 15.8. The van der Waals surface area contributed by atoms with E-state index in [1.165, 1.54) is 0 Å². The molecule has 114 valence electrons. The average Bonchev–Trinajstić information content (AvgIpc) is 2.54. The maximum Gasteiger partial charge on any atom is 0.487 e. The van der Waals surface area contributed by atoms with Crippen molar-refractivity contribution in [1.82, 2.24) is 4.98 Å². The van der Waals surface area contributed by atoms with Gasteiger partial charge >= 0.3 is 7.12 Å². The molecule has 4 nitrogen and oxygen atoms in total. The van der Waals surface area contributed by atoms with Crippen LogP contribution in [0.15, 0.2) is 18.2 Å². The molecule has 0 saturated carbocycles. The summed E-state index contributed by atoms with van der Waals surface area (Å²) in [4.78, 5) is 4.42. The summed E-state index contributed by atoms with van der Waals surface area (Å²) in [6.45, 7) is 12.2. The molecule has 1 fully saturated rings. The van der Waals surface area contributed by atoms with Crippen LogP contribution < -0.4 is 5.73 Å². The Kier molecular flexibility index (Phi) is 4.29. The third kappa shape index (κ3) is 3.20. The number of aryl methyl sites for hydroxylation is 1. The predicted molar refractivity (Wildman–Crippen MR) is 86.7 cm³/mol. The number of pyridine rings is 1. The third-order valence-electron chi connectivity index (χ3n) is 4.38. The van der Waals surface area contributed by atoms with Crippen LogP contribution in [0.2, 0.25) is 0 Å². The normalized spacial score (nSPS) is 22.0. The minimum absolute atomic E-state index is 0.0587. The summed E-state index contributed by atoms with van der Waals surface area (Å²) in [6, 6.07) is 1.92. The minimum Gasteiger partial charge on any atom is -0.400 e. The van der Waals surface area contributed by atoms with Gasteiger partial charge in [-0.15, -0.1) is 0 Å². The van der Waals surface area contributed by atoms with Crippen molar-refractivity contribution >= 4 is 13.2 Å². The summed E-state index contributed by atoms with van der Waals surface area (Å²) in [6.07, 6.45) is 3.74. The number of hydrogen-bond donors (Lipinski definition) is 1. The Morgan fingerprint density at radius 1 is 1.24 bits per heavy atom. The highest BCUT2D eigenvalue weighted by Crippen LogP contribution is 2.37. The highest BCUT2D eigenvalue weighted by Gasteiger charge is 2.50. The summed E-state index contributed by atoms with van der Waals surface area (Å²) < 4.78 is 11.9. The van der Waals surface area contributed by atoms with E-state index in [9.17, 15) is 0 Å². The first-order chi connectivity index (χ1) is 9.64. The molecule has 1 saturated heterocycles. The molecule has 1 atom stereocenters. The molecule has 2 N–H and O–H groups in total. The van der Waals surface area contributed by atoms with Crippen LogP contribution in [-0.4, -0.2) is 23.3 Å². The van der Waals surface area contributed by atoms with Crippen LogP contribution in [0, 0.1) is 6.92 Å². The van der Waals surface area contributed by atoms with E-state index >= 15 is 0 Å². The second-order valence-corrected chi connectivity index (χ2v) is 6.70. The molecule has 2 heterocycles. The molecule has 0 radical (unpaired) electrons. The molecule has 1 aromatic heterocycles. The molecule has 0 spiro atoms. The van der Waals surface area contributed by atoms with Gasteiger partial charge in [-0.3, -0.25) is 4.98 Å². The van der Waals surface area contributed by atoms with Crippen LogP contribution in [0.25, 0.3) is 6.08 Å². The summed E-state index contributed by atoms with van der Waals surface area (Å²) >= 11 is 0. The van der Waals surface area contributed by atoms with E-state index < -0.39 is 0 Å². The maximum absolute atomic E-state index is 6.05. The molecule has 1 aliphatic rings. The highest BCUT2D eigenvalue weighted by atomic mass is 16.7. The first-order valence-electron chi connectivity index (χ1n) is 7.39. The van der Waals surface area contributed by atoms with E-state index in [-0.39, 0.29) is 24.4 Å². The Balaban J connectivity index is 2.22. The smallest absolute Gasteiger partial charge is 0.400 e. The number of hydrogen-bond acceptors (Lipinski definition) is 4. The topological polar surface area (TPSA) is 57.4 Å². The first-order valence-corrected chi connectivity index (χ1v) is 7.39. The third-order valence-corrected chi connectivity index (χ3v) is 4.38. The summed E-state index contributed by atoms with van der Waals surface area (Å²) in [5.74, 6) is 1.91. The number of rotatable bonds is 3. The molecular formula is C16H25BN2O2. The molecule has 1 aromatic rings. The maximum atomic E-state index is 6.05. The van der Waals surface area contributed by atoms with Gasteiger partial charge < -0.3 is 15.0 Å². The van der Waals surface area contributed by atoms with Crippen LogP contribution in [-0.2, 0) is 9.31 Å². The predicted octanol–water partition coefficient (Wildman–Crippen LogP) is 3.05. The van der Waals surface area contributed by atoms with E-state index in [0.29, 0.717) is 0 Å². The van der Waals surface area contributed by atoms with Crippen LogP contribution >= 0.6 is 0 Å². The molecule has 1 aliphatic heterocycles. The number of nitrogens with two attached hydrogens (primary N) is 1. The van der Waals surface area contributed by atoms with E-state index in [2.05, 4.69) is 4.98 Å². The minimum atomic E-state index is -0.363. The highest BCUT2D eigenvalue weighted by molar-refractivity contribution is 6.52. The van der Waals surface area contributed by atoms with Crippen LogP contribution in [0.1, 0.15) is 57.5 Å². The Bertz CT molecular complexity index is 537. The van der Waals surface area contributed by atoms with Gasteiger partial charge in [-0.05, 0) is 64.8 Å². The SMILES string of the molecule is Cc1ccnc(/C=C/B2OC(C)(C)C(C)(C)O2)c1[C@H](C)N. The molecule has 0 aromatic carbocycles. The fourth-order valence-electron chi connectivity index (χ4n) is 2.45. The van der Waals surface area contributed by atoms with Crippen LogP contribution in [0.4, 0.5) is 0 Å². The van der Waals surface area contributed by atoms with Crippen molar-refractivity contribution in [3.8, 4) is 0 Å². The van der Waals surface area contributed by atoms with Crippen molar-refractivity contribution in [2.24, 2.45) is 5.73 Å². The lowest BCUT2D eigenvalue weighted by atomic mass is 9.88. The average molecular weight is 288 g/mol. The Labute approximate surface area is 127 Å². The molecule has 5 heteroatoms. The molecule has 0 bridgehead atoms. The van der Waals surface area contributed by atoms with Gasteiger partial charge in [0, 0.05) is 12.2 Å². The lowest BCUT2D eigenvalue weighted by molar-refractivity contribution is 0.00578. The van der Waals surface area contributed by atoms with E-state index in [4.69, 9.17) is 15.0 Å². The lowest BCUT2D eigenvalue weighted by Gasteiger charge is -2.32. The van der Waals surface area contributed by atoms with E-state index in [0.717, 1.165) is 16.8 Å². The summed E-state index contributed by atoms with van der Waals surface area (Å²) in [7, 11) is -0.363. The zero-order valence-corrected chi connectivity index (χ0v) is 13.8. The van der Waals surface area contributed by atoms with Crippen molar-refractivity contribution in [1.29, 1.82) is 0 Å². The fourth-order valence-corrected chi connectivity index (χ4v) is 2.45. The van der Waals surface area contributed by atoms with Crippen molar-refractivity contribution in [3.05, 3.63) is 35.1 Å². The van der Waals surface area contributed by atoms with Gasteiger partial charge in [0.15, 0.2) is 0 Å². The molecule has 0 amide bonds. The number of nitrogens with zero attached hydrogens (tertiary/aromatic N) is 1. The van der Waals surface area contributed by atoms with Crippen molar-refractivity contribution < 1.29 is 9.31 Å². The van der Waals surface area contributed by atoms with Crippen molar-refractivity contribution in [2.75, 3.05) is 0 Å². The second kappa shape index (κ2) is 5.56. The van der Waals surface area contributed by atoms with Gasteiger partial charge in [-0.1, -0.05) is 5.98 Å². The van der Waals surface area contributed by atoms with Gasteiger partial charge in [-0.25, -0.2) is 0 Å². The first kappa shape index (κ1) is 16.2. The van der Waals surface area contributed by atoms with Crippen LogP contribution in [0.5, 0.6) is 0 Å². The van der Waals surface area contributed by atoms with Gasteiger partial charge in [0.25, 0.3) is 0 Å². The molecule has 0 unspecified atom stereocenters. The lowest BCUT2D eigenvalue weighted by Crippen LogP contribution is -2.41. The van der Waals surface area contributed by atoms with Crippen molar-refractivity contribution in [2.45, 2.75) is 58.8 Å². The molecule has 2 rings (SSSR count). The zero-order valence-electron chi connectivity index (χ0n) is 13.8. The Morgan fingerprint density at radius 2 is 1.81 bits per heavy atom. The molecule has 0 aliphatic carbocycles. The second-order valence-electron chi connectivity index (χ2n) is 6.70. The van der Waals surface area contributed by atoms with Gasteiger partial charge in [-0.2, -0.15) is 0 Å².